The number of aromatic nitrogens is 2. The van der Waals surface area contributed by atoms with E-state index in [9.17, 15) is 0 Å². The summed E-state index contributed by atoms with van der Waals surface area (Å²) in [6.07, 6.45) is 1.94. The minimum Gasteiger partial charge on any atom is -0.497 e. The monoisotopic (exact) mass is 259 g/mol. The van der Waals surface area contributed by atoms with Crippen LogP contribution in [0.2, 0.25) is 0 Å². The molecule has 19 heavy (non-hydrogen) atoms. The van der Waals surface area contributed by atoms with Gasteiger partial charge in [0.15, 0.2) is 0 Å². The fraction of sp³-hybridized carbons (Fsp3) is 0.400. The summed E-state index contributed by atoms with van der Waals surface area (Å²) in [5, 5.41) is 7.71. The van der Waals surface area contributed by atoms with Gasteiger partial charge in [-0.1, -0.05) is 13.8 Å². The van der Waals surface area contributed by atoms with Crippen LogP contribution in [0.1, 0.15) is 31.0 Å². The van der Waals surface area contributed by atoms with Crippen molar-refractivity contribution in [1.82, 2.24) is 15.1 Å². The summed E-state index contributed by atoms with van der Waals surface area (Å²) in [5.41, 5.74) is 3.56. The first-order valence-corrected chi connectivity index (χ1v) is 6.53. The van der Waals surface area contributed by atoms with E-state index in [0.29, 0.717) is 5.92 Å². The largest absolute Gasteiger partial charge is 0.497 e. The van der Waals surface area contributed by atoms with E-state index in [1.807, 2.05) is 42.2 Å². The molecular formula is C15H21N3O. The molecule has 0 unspecified atom stereocenters. The van der Waals surface area contributed by atoms with E-state index in [1.54, 1.807) is 7.11 Å². The van der Waals surface area contributed by atoms with Crippen molar-refractivity contribution in [3.8, 4) is 11.4 Å². The predicted octanol–water partition coefficient (Wildman–Crippen LogP) is 2.72. The van der Waals surface area contributed by atoms with Crippen LogP contribution in [-0.4, -0.2) is 23.9 Å². The van der Waals surface area contributed by atoms with Crippen molar-refractivity contribution < 1.29 is 4.74 Å². The Morgan fingerprint density at radius 1 is 1.26 bits per heavy atom. The molecule has 0 radical (unpaired) electrons. The zero-order valence-corrected chi connectivity index (χ0v) is 12.0. The minimum atomic E-state index is 0.424. The quantitative estimate of drug-likeness (QED) is 0.897. The fourth-order valence-electron chi connectivity index (χ4n) is 2.26. The van der Waals surface area contributed by atoms with Crippen molar-refractivity contribution in [3.63, 3.8) is 0 Å². The van der Waals surface area contributed by atoms with Gasteiger partial charge in [0, 0.05) is 12.1 Å². The third kappa shape index (κ3) is 2.79. The summed E-state index contributed by atoms with van der Waals surface area (Å²) in [6.45, 7) is 5.22. The molecule has 4 nitrogen and oxygen atoms in total. The molecule has 1 heterocycles. The second kappa shape index (κ2) is 5.89. The van der Waals surface area contributed by atoms with Crippen LogP contribution in [-0.2, 0) is 6.54 Å². The molecule has 2 aromatic rings. The van der Waals surface area contributed by atoms with Crippen LogP contribution < -0.4 is 10.1 Å². The minimum absolute atomic E-state index is 0.424. The maximum absolute atomic E-state index is 5.19. The lowest BCUT2D eigenvalue weighted by Crippen LogP contribution is -2.10. The summed E-state index contributed by atoms with van der Waals surface area (Å²) in [4.78, 5) is 0. The van der Waals surface area contributed by atoms with Crippen molar-refractivity contribution in [2.24, 2.45) is 0 Å². The van der Waals surface area contributed by atoms with Crippen LogP contribution in [0, 0.1) is 0 Å². The van der Waals surface area contributed by atoms with E-state index in [1.165, 1.54) is 11.3 Å². The number of ether oxygens (including phenoxy) is 1. The summed E-state index contributed by atoms with van der Waals surface area (Å²) in [7, 11) is 3.63. The second-order valence-electron chi connectivity index (χ2n) is 4.85. The van der Waals surface area contributed by atoms with Gasteiger partial charge < -0.3 is 10.1 Å². The lowest BCUT2D eigenvalue weighted by Gasteiger charge is -2.13. The number of benzene rings is 1. The molecule has 2 rings (SSSR count). The molecule has 0 saturated heterocycles. The molecule has 4 heteroatoms. The average molecular weight is 259 g/mol. The van der Waals surface area contributed by atoms with Crippen molar-refractivity contribution in [2.75, 3.05) is 14.2 Å². The lowest BCUT2D eigenvalue weighted by molar-refractivity contribution is 0.414. The van der Waals surface area contributed by atoms with E-state index in [0.717, 1.165) is 18.0 Å². The van der Waals surface area contributed by atoms with Gasteiger partial charge in [-0.15, -0.1) is 0 Å². The van der Waals surface area contributed by atoms with E-state index in [2.05, 4.69) is 24.3 Å². The van der Waals surface area contributed by atoms with Gasteiger partial charge in [0.25, 0.3) is 0 Å². The molecular weight excluding hydrogens is 238 g/mol. The first kappa shape index (κ1) is 13.6. The number of nitrogens with zero attached hydrogens (tertiary/aromatic N) is 2. The van der Waals surface area contributed by atoms with Gasteiger partial charge in [-0.05, 0) is 37.2 Å². The Kier molecular flexibility index (Phi) is 4.22. The Morgan fingerprint density at radius 2 is 1.95 bits per heavy atom. The van der Waals surface area contributed by atoms with Crippen LogP contribution in [0.25, 0.3) is 5.69 Å². The molecule has 1 N–H and O–H groups in total. The second-order valence-corrected chi connectivity index (χ2v) is 4.85. The molecule has 0 atom stereocenters. The van der Waals surface area contributed by atoms with Crippen molar-refractivity contribution in [3.05, 3.63) is 41.7 Å². The summed E-state index contributed by atoms with van der Waals surface area (Å²) >= 11 is 0. The molecule has 0 fully saturated rings. The molecule has 1 aromatic heterocycles. The third-order valence-electron chi connectivity index (χ3n) is 3.12. The Bertz CT molecular complexity index is 529. The molecule has 0 aliphatic heterocycles. The first-order valence-electron chi connectivity index (χ1n) is 6.53. The van der Waals surface area contributed by atoms with E-state index < -0.39 is 0 Å². The topological polar surface area (TPSA) is 39.1 Å². The van der Waals surface area contributed by atoms with E-state index in [-0.39, 0.29) is 0 Å². The smallest absolute Gasteiger partial charge is 0.119 e. The molecule has 0 spiro atoms. The van der Waals surface area contributed by atoms with Gasteiger partial charge in [0.1, 0.15) is 5.75 Å². The Morgan fingerprint density at radius 3 is 2.47 bits per heavy atom. The number of methoxy groups -OCH3 is 1. The average Bonchev–Trinajstić information content (AvgIpc) is 2.83. The normalized spacial score (nSPS) is 11.0. The number of hydrogen-bond acceptors (Lipinski definition) is 3. The van der Waals surface area contributed by atoms with Crippen LogP contribution in [0.15, 0.2) is 30.5 Å². The lowest BCUT2D eigenvalue weighted by atomic mass is 10.1. The van der Waals surface area contributed by atoms with Gasteiger partial charge >= 0.3 is 0 Å². The molecule has 0 saturated carbocycles. The standard InChI is InChI=1S/C15H21N3O/c1-11(2)15-12(9-16-3)10-17-18(15)13-5-7-14(19-4)8-6-13/h5-8,10-11,16H,9H2,1-4H3. The van der Waals surface area contributed by atoms with Gasteiger partial charge in [-0.25, -0.2) is 4.68 Å². The van der Waals surface area contributed by atoms with Gasteiger partial charge in [-0.2, -0.15) is 5.10 Å². The zero-order valence-electron chi connectivity index (χ0n) is 12.0. The number of rotatable bonds is 5. The molecule has 1 aromatic carbocycles. The van der Waals surface area contributed by atoms with Crippen molar-refractivity contribution in [1.29, 1.82) is 0 Å². The fourth-order valence-corrected chi connectivity index (χ4v) is 2.26. The molecule has 102 valence electrons. The Balaban J connectivity index is 2.42. The molecule has 0 aliphatic rings. The highest BCUT2D eigenvalue weighted by Crippen LogP contribution is 2.24. The van der Waals surface area contributed by atoms with Crippen LogP contribution in [0.3, 0.4) is 0 Å². The Labute approximate surface area is 114 Å². The number of nitrogens with one attached hydrogen (secondary N) is 1. The van der Waals surface area contributed by atoms with Crippen LogP contribution in [0.4, 0.5) is 0 Å². The van der Waals surface area contributed by atoms with Crippen molar-refractivity contribution >= 4 is 0 Å². The highest BCUT2D eigenvalue weighted by Gasteiger charge is 2.14. The maximum Gasteiger partial charge on any atom is 0.119 e. The van der Waals surface area contributed by atoms with Crippen LogP contribution >= 0.6 is 0 Å². The molecule has 0 aliphatic carbocycles. The molecule has 0 bridgehead atoms. The Hall–Kier alpha value is -1.81. The third-order valence-corrected chi connectivity index (χ3v) is 3.12. The van der Waals surface area contributed by atoms with Gasteiger partial charge in [0.05, 0.1) is 24.7 Å². The summed E-state index contributed by atoms with van der Waals surface area (Å²) in [5.74, 6) is 1.28. The highest BCUT2D eigenvalue weighted by atomic mass is 16.5. The SMILES string of the molecule is CNCc1cnn(-c2ccc(OC)cc2)c1C(C)C. The molecule has 0 amide bonds. The zero-order chi connectivity index (χ0) is 13.8. The summed E-state index contributed by atoms with van der Waals surface area (Å²) in [6, 6.07) is 7.97. The van der Waals surface area contributed by atoms with E-state index >= 15 is 0 Å². The first-order chi connectivity index (χ1) is 9.17. The summed E-state index contributed by atoms with van der Waals surface area (Å²) < 4.78 is 7.20. The number of hydrogen-bond donors (Lipinski definition) is 1. The maximum atomic E-state index is 5.19. The van der Waals surface area contributed by atoms with Gasteiger partial charge in [-0.3, -0.25) is 0 Å². The van der Waals surface area contributed by atoms with Crippen LogP contribution in [0.5, 0.6) is 5.75 Å². The highest BCUT2D eigenvalue weighted by molar-refractivity contribution is 5.40. The van der Waals surface area contributed by atoms with Gasteiger partial charge in [0.2, 0.25) is 0 Å². The van der Waals surface area contributed by atoms with E-state index in [4.69, 9.17) is 4.74 Å². The van der Waals surface area contributed by atoms with Crippen molar-refractivity contribution in [2.45, 2.75) is 26.3 Å². The predicted molar refractivity (Wildman–Crippen MR) is 77.0 cm³/mol.